The number of ether oxygens (including phenoxy) is 1. The van der Waals surface area contributed by atoms with Crippen molar-refractivity contribution in [1.29, 1.82) is 0 Å². The summed E-state index contributed by atoms with van der Waals surface area (Å²) < 4.78 is 7.73. The van der Waals surface area contributed by atoms with Gasteiger partial charge in [-0.15, -0.1) is 0 Å². The van der Waals surface area contributed by atoms with Crippen LogP contribution in [-0.2, 0) is 29.1 Å². The highest BCUT2D eigenvalue weighted by atomic mass is 16.5. The zero-order chi connectivity index (χ0) is 27.6. The Morgan fingerprint density at radius 2 is 1.72 bits per heavy atom. The first-order chi connectivity index (χ1) is 18.9. The smallest absolute Gasteiger partial charge is 0.257 e. The van der Waals surface area contributed by atoms with Crippen LogP contribution in [-0.4, -0.2) is 46.5 Å². The largest absolute Gasteiger partial charge is 0.483 e. The third-order valence-corrected chi connectivity index (χ3v) is 6.82. The van der Waals surface area contributed by atoms with Gasteiger partial charge in [-0.3, -0.25) is 9.59 Å². The number of amides is 2. The van der Waals surface area contributed by atoms with E-state index in [1.54, 1.807) is 4.90 Å². The monoisotopic (exact) mass is 526 g/mol. The van der Waals surface area contributed by atoms with Gasteiger partial charge < -0.3 is 19.5 Å². The lowest BCUT2D eigenvalue weighted by Crippen LogP contribution is -2.30. The van der Waals surface area contributed by atoms with E-state index in [1.807, 2.05) is 98.3 Å². The highest BCUT2D eigenvalue weighted by Crippen LogP contribution is 2.20. The fraction of sp³-hybridized carbons (Fsp3) is 0.344. The lowest BCUT2D eigenvalue weighted by Gasteiger charge is -2.19. The number of carbonyl (C=O) groups is 2. The van der Waals surface area contributed by atoms with E-state index < -0.39 is 0 Å². The highest BCUT2D eigenvalue weighted by Gasteiger charge is 2.16. The second-order valence-corrected chi connectivity index (χ2v) is 10.1. The van der Waals surface area contributed by atoms with Gasteiger partial charge >= 0.3 is 0 Å². The summed E-state index contributed by atoms with van der Waals surface area (Å²) in [4.78, 5) is 31.9. The molecule has 0 fully saturated rings. The fourth-order valence-corrected chi connectivity index (χ4v) is 4.56. The number of unbranched alkanes of at least 4 members (excludes halogenated alkanes) is 2. The van der Waals surface area contributed by atoms with Gasteiger partial charge in [0.1, 0.15) is 18.1 Å². The molecule has 2 amide bonds. The Kier molecular flexibility index (Phi) is 9.73. The summed E-state index contributed by atoms with van der Waals surface area (Å²) in [6, 6.07) is 23.9. The van der Waals surface area contributed by atoms with Crippen molar-refractivity contribution in [3.05, 3.63) is 95.3 Å². The molecule has 0 bridgehead atoms. The van der Waals surface area contributed by atoms with Gasteiger partial charge in [-0.1, -0.05) is 61.0 Å². The Morgan fingerprint density at radius 3 is 2.54 bits per heavy atom. The molecule has 0 aliphatic heterocycles. The maximum Gasteiger partial charge on any atom is 0.257 e. The number of carbonyl (C=O) groups excluding carboxylic acids is 2. The molecule has 39 heavy (non-hydrogen) atoms. The first-order valence-corrected chi connectivity index (χ1v) is 13.6. The third-order valence-electron chi connectivity index (χ3n) is 6.82. The number of likely N-dealkylation sites (N-methyl/N-ethyl adjacent to an activating group) is 1. The quantitative estimate of drug-likeness (QED) is 0.242. The molecule has 1 aromatic heterocycles. The number of hydrogen-bond acceptors (Lipinski definition) is 4. The molecule has 4 rings (SSSR count). The number of hydrogen-bond donors (Lipinski definition) is 1. The van der Waals surface area contributed by atoms with Gasteiger partial charge in [0, 0.05) is 26.6 Å². The lowest BCUT2D eigenvalue weighted by molar-refractivity contribution is -0.131. The second kappa shape index (κ2) is 13.6. The molecular weight excluding hydrogens is 488 g/mol. The molecule has 1 heterocycles. The van der Waals surface area contributed by atoms with E-state index in [2.05, 4.69) is 5.32 Å². The number of benzene rings is 3. The molecule has 0 saturated heterocycles. The van der Waals surface area contributed by atoms with Crippen molar-refractivity contribution in [3.63, 3.8) is 0 Å². The Hall–Kier alpha value is -4.13. The summed E-state index contributed by atoms with van der Waals surface area (Å²) in [6.45, 7) is 5.43. The van der Waals surface area contributed by atoms with Gasteiger partial charge in [0.25, 0.3) is 5.91 Å². The van der Waals surface area contributed by atoms with E-state index in [0.29, 0.717) is 13.1 Å². The van der Waals surface area contributed by atoms with E-state index in [-0.39, 0.29) is 25.0 Å². The maximum atomic E-state index is 13.1. The molecule has 7 nitrogen and oxygen atoms in total. The second-order valence-electron chi connectivity index (χ2n) is 10.1. The maximum absolute atomic E-state index is 13.1. The molecule has 0 aliphatic carbocycles. The summed E-state index contributed by atoms with van der Waals surface area (Å²) >= 11 is 0. The van der Waals surface area contributed by atoms with Gasteiger partial charge in [0.2, 0.25) is 5.91 Å². The average Bonchev–Trinajstić information content (AvgIpc) is 3.28. The number of imidazole rings is 1. The van der Waals surface area contributed by atoms with Crippen LogP contribution in [0.2, 0.25) is 0 Å². The summed E-state index contributed by atoms with van der Waals surface area (Å²) in [5.74, 6) is 1.60. The standard InChI is InChI=1S/C32H38N4O3/c1-24-17-18-25(2)29(20-24)39-23-31(37)33-19-11-5-8-16-30-34-27-14-9-10-15-28(27)36(30)22-32(38)35(3)21-26-12-6-4-7-13-26/h4,6-7,9-10,12-15,17-18,20H,5,8,11,16,19,21-23H2,1-3H3,(H,33,37). The summed E-state index contributed by atoms with van der Waals surface area (Å²) in [7, 11) is 1.84. The van der Waals surface area contributed by atoms with Gasteiger partial charge in [0.05, 0.1) is 11.0 Å². The molecule has 0 atom stereocenters. The lowest BCUT2D eigenvalue weighted by atomic mass is 10.1. The predicted molar refractivity (Wildman–Crippen MR) is 155 cm³/mol. The highest BCUT2D eigenvalue weighted by molar-refractivity contribution is 5.81. The minimum Gasteiger partial charge on any atom is -0.483 e. The van der Waals surface area contributed by atoms with Crippen LogP contribution in [0.15, 0.2) is 72.8 Å². The minimum atomic E-state index is -0.115. The molecule has 4 aromatic rings. The SMILES string of the molecule is Cc1ccc(C)c(OCC(=O)NCCCCCc2nc3ccccc3n2CC(=O)N(C)Cc2ccccc2)c1. The first-order valence-electron chi connectivity index (χ1n) is 13.6. The van der Waals surface area contributed by atoms with Crippen LogP contribution in [0.1, 0.15) is 41.8 Å². The molecule has 0 saturated carbocycles. The van der Waals surface area contributed by atoms with Crippen LogP contribution in [0, 0.1) is 13.8 Å². The predicted octanol–water partition coefficient (Wildman–Crippen LogP) is 5.22. The molecule has 0 spiro atoms. The van der Waals surface area contributed by atoms with Crippen LogP contribution in [0.4, 0.5) is 0 Å². The number of nitrogens with one attached hydrogen (secondary N) is 1. The van der Waals surface area contributed by atoms with Crippen molar-refractivity contribution in [2.75, 3.05) is 20.2 Å². The summed E-state index contributed by atoms with van der Waals surface area (Å²) in [5.41, 5.74) is 5.11. The van der Waals surface area contributed by atoms with E-state index in [1.165, 1.54) is 0 Å². The van der Waals surface area contributed by atoms with Crippen LogP contribution >= 0.6 is 0 Å². The Balaban J connectivity index is 1.24. The summed E-state index contributed by atoms with van der Waals surface area (Å²) in [5, 5.41) is 2.94. The van der Waals surface area contributed by atoms with Crippen LogP contribution in [0.3, 0.4) is 0 Å². The van der Waals surface area contributed by atoms with Gasteiger partial charge in [-0.25, -0.2) is 4.98 Å². The molecule has 7 heteroatoms. The van der Waals surface area contributed by atoms with Crippen molar-refractivity contribution in [1.82, 2.24) is 19.8 Å². The van der Waals surface area contributed by atoms with E-state index in [9.17, 15) is 9.59 Å². The van der Waals surface area contributed by atoms with E-state index in [0.717, 1.165) is 65.0 Å². The Morgan fingerprint density at radius 1 is 0.949 bits per heavy atom. The van der Waals surface area contributed by atoms with Gasteiger partial charge in [-0.05, 0) is 61.6 Å². The van der Waals surface area contributed by atoms with Crippen molar-refractivity contribution >= 4 is 22.8 Å². The molecule has 0 aliphatic rings. The third kappa shape index (κ3) is 7.93. The molecule has 3 aromatic carbocycles. The zero-order valence-corrected chi connectivity index (χ0v) is 23.2. The van der Waals surface area contributed by atoms with Gasteiger partial charge in [-0.2, -0.15) is 0 Å². The summed E-state index contributed by atoms with van der Waals surface area (Å²) in [6.07, 6.45) is 3.51. The molecule has 1 N–H and O–H groups in total. The number of nitrogens with zero attached hydrogens (tertiary/aromatic N) is 3. The molecule has 204 valence electrons. The van der Waals surface area contributed by atoms with E-state index in [4.69, 9.17) is 9.72 Å². The fourth-order valence-electron chi connectivity index (χ4n) is 4.56. The minimum absolute atomic E-state index is 0.0149. The number of fused-ring (bicyclic) bond motifs is 1. The first kappa shape index (κ1) is 27.9. The number of para-hydroxylation sites is 2. The van der Waals surface area contributed by atoms with Crippen LogP contribution < -0.4 is 10.1 Å². The van der Waals surface area contributed by atoms with Crippen molar-refractivity contribution in [2.24, 2.45) is 0 Å². The average molecular weight is 527 g/mol. The van der Waals surface area contributed by atoms with Crippen LogP contribution in [0.5, 0.6) is 5.75 Å². The van der Waals surface area contributed by atoms with Crippen molar-refractivity contribution in [2.45, 2.75) is 52.6 Å². The van der Waals surface area contributed by atoms with Crippen molar-refractivity contribution in [3.8, 4) is 5.75 Å². The van der Waals surface area contributed by atoms with Gasteiger partial charge in [0.15, 0.2) is 6.61 Å². The number of aromatic nitrogens is 2. The molecule has 0 radical (unpaired) electrons. The topological polar surface area (TPSA) is 76.5 Å². The normalized spacial score (nSPS) is 10.9. The van der Waals surface area contributed by atoms with E-state index >= 15 is 0 Å². The molecular formula is C32H38N4O3. The van der Waals surface area contributed by atoms with Crippen molar-refractivity contribution < 1.29 is 14.3 Å². The Labute approximate surface area is 230 Å². The number of rotatable bonds is 13. The number of aryl methyl sites for hydroxylation is 3. The molecule has 0 unspecified atom stereocenters. The Bertz CT molecular complexity index is 1400. The zero-order valence-electron chi connectivity index (χ0n) is 23.2. The van der Waals surface area contributed by atoms with Crippen LogP contribution in [0.25, 0.3) is 11.0 Å².